The van der Waals surface area contributed by atoms with E-state index in [2.05, 4.69) is 48.3 Å². The summed E-state index contributed by atoms with van der Waals surface area (Å²) >= 11 is 2.04. The van der Waals surface area contributed by atoms with Crippen molar-refractivity contribution in [1.29, 1.82) is 0 Å². The Morgan fingerprint density at radius 3 is 3.06 bits per heavy atom. The molecule has 1 aliphatic rings. The second kappa shape index (κ2) is 7.05. The molecule has 3 heteroatoms. The molecule has 0 radical (unpaired) electrons. The van der Waals surface area contributed by atoms with Crippen LogP contribution < -0.4 is 10.2 Å². The van der Waals surface area contributed by atoms with Gasteiger partial charge in [-0.25, -0.2) is 0 Å². The second-order valence-corrected chi connectivity index (χ2v) is 6.30. The largest absolute Gasteiger partial charge is 0.370 e. The van der Waals surface area contributed by atoms with Gasteiger partial charge in [-0.3, -0.25) is 0 Å². The van der Waals surface area contributed by atoms with E-state index in [0.29, 0.717) is 6.04 Å². The highest BCUT2D eigenvalue weighted by molar-refractivity contribution is 7.99. The maximum atomic E-state index is 3.59. The molecule has 0 saturated carbocycles. The highest BCUT2D eigenvalue weighted by atomic mass is 32.2. The Kier molecular flexibility index (Phi) is 5.39. The normalized spacial score (nSPS) is 19.4. The molecular weight excluding hydrogens is 240 g/mol. The first-order chi connectivity index (χ1) is 8.81. The van der Waals surface area contributed by atoms with Crippen LogP contribution in [0, 0.1) is 0 Å². The summed E-state index contributed by atoms with van der Waals surface area (Å²) < 4.78 is 0. The molecule has 1 heterocycles. The van der Waals surface area contributed by atoms with Crippen LogP contribution in [0.5, 0.6) is 0 Å². The number of nitrogens with one attached hydrogen (secondary N) is 1. The third-order valence-corrected chi connectivity index (χ3v) is 4.37. The fourth-order valence-corrected chi connectivity index (χ4v) is 3.08. The van der Waals surface area contributed by atoms with E-state index in [1.165, 1.54) is 35.7 Å². The predicted molar refractivity (Wildman–Crippen MR) is 82.6 cm³/mol. The number of fused-ring (bicyclic) bond motifs is 1. The Morgan fingerprint density at radius 2 is 2.22 bits per heavy atom. The predicted octanol–water partition coefficient (Wildman–Crippen LogP) is 3.13. The summed E-state index contributed by atoms with van der Waals surface area (Å²) in [6, 6.07) is 9.37. The zero-order valence-electron chi connectivity index (χ0n) is 11.5. The summed E-state index contributed by atoms with van der Waals surface area (Å²) in [7, 11) is 0. The Balaban J connectivity index is 2.02. The Bertz CT molecular complexity index is 367. The molecular formula is C15H24N2S. The zero-order chi connectivity index (χ0) is 12.8. The number of nitrogens with zero attached hydrogens (tertiary/aromatic N) is 1. The number of para-hydroxylation sites is 1. The minimum absolute atomic E-state index is 0.566. The number of anilines is 1. The van der Waals surface area contributed by atoms with Crippen LogP contribution in [0.2, 0.25) is 0 Å². The van der Waals surface area contributed by atoms with Gasteiger partial charge in [0.15, 0.2) is 0 Å². The molecule has 0 bridgehead atoms. The van der Waals surface area contributed by atoms with Gasteiger partial charge < -0.3 is 10.2 Å². The van der Waals surface area contributed by atoms with Crippen molar-refractivity contribution in [3.63, 3.8) is 0 Å². The van der Waals surface area contributed by atoms with Gasteiger partial charge in [-0.15, -0.1) is 0 Å². The molecule has 1 aliphatic heterocycles. The van der Waals surface area contributed by atoms with Gasteiger partial charge >= 0.3 is 0 Å². The maximum Gasteiger partial charge on any atom is 0.0412 e. The van der Waals surface area contributed by atoms with Crippen molar-refractivity contribution in [2.24, 2.45) is 0 Å². The lowest BCUT2D eigenvalue weighted by atomic mass is 10.1. The zero-order valence-corrected chi connectivity index (χ0v) is 12.3. The number of hydrogen-bond donors (Lipinski definition) is 1. The molecule has 0 saturated heterocycles. The van der Waals surface area contributed by atoms with Crippen LogP contribution in [0.25, 0.3) is 0 Å². The van der Waals surface area contributed by atoms with Crippen molar-refractivity contribution in [2.45, 2.75) is 32.9 Å². The molecule has 1 atom stereocenters. The van der Waals surface area contributed by atoms with Crippen molar-refractivity contribution in [1.82, 2.24) is 5.32 Å². The van der Waals surface area contributed by atoms with E-state index in [1.807, 2.05) is 11.8 Å². The van der Waals surface area contributed by atoms with Gasteiger partial charge in [0, 0.05) is 31.4 Å². The number of rotatable bonds is 5. The van der Waals surface area contributed by atoms with Gasteiger partial charge in [-0.2, -0.15) is 11.8 Å². The lowest BCUT2D eigenvalue weighted by molar-refractivity contribution is 0.552. The average molecular weight is 264 g/mol. The van der Waals surface area contributed by atoms with E-state index >= 15 is 0 Å². The third-order valence-electron chi connectivity index (χ3n) is 3.39. The smallest absolute Gasteiger partial charge is 0.0412 e. The monoisotopic (exact) mass is 264 g/mol. The van der Waals surface area contributed by atoms with Crippen molar-refractivity contribution in [3.05, 3.63) is 29.8 Å². The summed E-state index contributed by atoms with van der Waals surface area (Å²) in [5.41, 5.74) is 2.86. The van der Waals surface area contributed by atoms with E-state index < -0.39 is 0 Å². The van der Waals surface area contributed by atoms with E-state index in [0.717, 1.165) is 13.1 Å². The first-order valence-corrected chi connectivity index (χ1v) is 8.10. The number of benzene rings is 1. The minimum atomic E-state index is 0.566. The standard InChI is InChI=1S/C15H24N2S/c1-3-18-10-6-9-17-12-13(2)16-11-14-7-4-5-8-15(14)17/h4-5,7-8,13,16H,3,6,9-12H2,1-2H3. The molecule has 100 valence electrons. The van der Waals surface area contributed by atoms with Gasteiger partial charge in [-0.05, 0) is 36.5 Å². The highest BCUT2D eigenvalue weighted by Crippen LogP contribution is 2.23. The van der Waals surface area contributed by atoms with Crippen LogP contribution in [0.15, 0.2) is 24.3 Å². The van der Waals surface area contributed by atoms with Crippen molar-refractivity contribution < 1.29 is 0 Å². The first-order valence-electron chi connectivity index (χ1n) is 6.95. The summed E-state index contributed by atoms with van der Waals surface area (Å²) in [4.78, 5) is 2.55. The van der Waals surface area contributed by atoms with Gasteiger partial charge in [0.2, 0.25) is 0 Å². The SMILES string of the molecule is CCSCCCN1CC(C)NCc2ccccc21. The molecule has 1 unspecified atom stereocenters. The van der Waals surface area contributed by atoms with Crippen LogP contribution in [0.3, 0.4) is 0 Å². The van der Waals surface area contributed by atoms with E-state index in [4.69, 9.17) is 0 Å². The van der Waals surface area contributed by atoms with Gasteiger partial charge in [0.25, 0.3) is 0 Å². The molecule has 0 amide bonds. The van der Waals surface area contributed by atoms with Gasteiger partial charge in [0.05, 0.1) is 0 Å². The molecule has 1 aromatic rings. The summed E-state index contributed by atoms with van der Waals surface area (Å²) in [5.74, 6) is 2.51. The lowest BCUT2D eigenvalue weighted by Crippen LogP contribution is -2.36. The summed E-state index contributed by atoms with van der Waals surface area (Å²) in [6.45, 7) is 7.80. The van der Waals surface area contributed by atoms with E-state index in [1.54, 1.807) is 0 Å². The maximum absolute atomic E-state index is 3.59. The van der Waals surface area contributed by atoms with Crippen LogP contribution in [-0.2, 0) is 6.54 Å². The molecule has 1 aromatic carbocycles. The molecule has 1 N–H and O–H groups in total. The third kappa shape index (κ3) is 3.66. The molecule has 0 aliphatic carbocycles. The fraction of sp³-hybridized carbons (Fsp3) is 0.600. The van der Waals surface area contributed by atoms with Crippen molar-refractivity contribution in [2.75, 3.05) is 29.5 Å². The second-order valence-electron chi connectivity index (χ2n) is 4.91. The molecule has 2 nitrogen and oxygen atoms in total. The van der Waals surface area contributed by atoms with Crippen LogP contribution >= 0.6 is 11.8 Å². The molecule has 2 rings (SSSR count). The van der Waals surface area contributed by atoms with Crippen LogP contribution in [0.1, 0.15) is 25.8 Å². The minimum Gasteiger partial charge on any atom is -0.370 e. The average Bonchev–Trinajstić information content (AvgIpc) is 2.55. The van der Waals surface area contributed by atoms with Crippen molar-refractivity contribution in [3.8, 4) is 0 Å². The molecule has 18 heavy (non-hydrogen) atoms. The van der Waals surface area contributed by atoms with Crippen molar-refractivity contribution >= 4 is 17.4 Å². The Morgan fingerprint density at radius 1 is 1.39 bits per heavy atom. The summed E-state index contributed by atoms with van der Waals surface area (Å²) in [5, 5.41) is 3.59. The van der Waals surface area contributed by atoms with E-state index in [-0.39, 0.29) is 0 Å². The number of thioether (sulfide) groups is 1. The topological polar surface area (TPSA) is 15.3 Å². The molecule has 0 aromatic heterocycles. The van der Waals surface area contributed by atoms with E-state index in [9.17, 15) is 0 Å². The lowest BCUT2D eigenvalue weighted by Gasteiger charge is -2.26. The summed E-state index contributed by atoms with van der Waals surface area (Å²) in [6.07, 6.45) is 1.28. The Labute approximate surface area is 115 Å². The van der Waals surface area contributed by atoms with Crippen LogP contribution in [-0.4, -0.2) is 30.6 Å². The Hall–Kier alpha value is -0.670. The fourth-order valence-electron chi connectivity index (χ4n) is 2.46. The van der Waals surface area contributed by atoms with Gasteiger partial charge in [0.1, 0.15) is 0 Å². The first kappa shape index (κ1) is 13.8. The van der Waals surface area contributed by atoms with Gasteiger partial charge in [-0.1, -0.05) is 25.1 Å². The highest BCUT2D eigenvalue weighted by Gasteiger charge is 2.17. The quantitative estimate of drug-likeness (QED) is 0.823. The molecule has 0 spiro atoms. The van der Waals surface area contributed by atoms with Crippen LogP contribution in [0.4, 0.5) is 5.69 Å². The molecule has 0 fully saturated rings. The number of hydrogen-bond acceptors (Lipinski definition) is 3.